The number of nitrogens with one attached hydrogen (secondary N) is 1. The summed E-state index contributed by atoms with van der Waals surface area (Å²) in [5, 5.41) is 4.78. The van der Waals surface area contributed by atoms with E-state index in [2.05, 4.69) is 5.32 Å². The quantitative estimate of drug-likeness (QED) is 0.492. The van der Waals surface area contributed by atoms with Crippen LogP contribution < -0.4 is 10.1 Å². The second-order valence-electron chi connectivity index (χ2n) is 6.36. The van der Waals surface area contributed by atoms with Crippen LogP contribution in [0.15, 0.2) is 66.7 Å². The van der Waals surface area contributed by atoms with Crippen molar-refractivity contribution < 1.29 is 23.5 Å². The maximum Gasteiger partial charge on any atom is 0.331 e. The summed E-state index contributed by atoms with van der Waals surface area (Å²) in [5.41, 5.74) is 1.08. The Morgan fingerprint density at radius 1 is 1.03 bits per heavy atom. The fourth-order valence-electron chi connectivity index (χ4n) is 2.73. The van der Waals surface area contributed by atoms with E-state index in [1.807, 2.05) is 36.4 Å². The summed E-state index contributed by atoms with van der Waals surface area (Å²) < 4.78 is 23.6. The SMILES string of the molecule is COc1ccc(/C=C/C(=O)O[C@H](C)C(=O)Nc2ccc3ccccc3c2)cc1F. The summed E-state index contributed by atoms with van der Waals surface area (Å²) in [7, 11) is 1.37. The van der Waals surface area contributed by atoms with Crippen molar-refractivity contribution in [2.75, 3.05) is 12.4 Å². The molecule has 3 aromatic carbocycles. The molecule has 148 valence electrons. The number of rotatable bonds is 6. The number of hydrogen-bond donors (Lipinski definition) is 1. The van der Waals surface area contributed by atoms with Crippen LogP contribution in [0.2, 0.25) is 0 Å². The lowest BCUT2D eigenvalue weighted by atomic mass is 10.1. The first-order valence-electron chi connectivity index (χ1n) is 8.98. The number of ether oxygens (including phenoxy) is 2. The molecule has 29 heavy (non-hydrogen) atoms. The Balaban J connectivity index is 1.58. The molecule has 6 heteroatoms. The van der Waals surface area contributed by atoms with E-state index in [9.17, 15) is 14.0 Å². The van der Waals surface area contributed by atoms with E-state index in [1.165, 1.54) is 32.2 Å². The number of carbonyl (C=O) groups excluding carboxylic acids is 2. The molecule has 0 unspecified atom stereocenters. The minimum atomic E-state index is -0.994. The van der Waals surface area contributed by atoms with Crippen LogP contribution >= 0.6 is 0 Å². The third-order valence-electron chi connectivity index (χ3n) is 4.27. The largest absolute Gasteiger partial charge is 0.494 e. The van der Waals surface area contributed by atoms with Gasteiger partial charge in [-0.3, -0.25) is 4.79 Å². The highest BCUT2D eigenvalue weighted by molar-refractivity contribution is 5.98. The summed E-state index contributed by atoms with van der Waals surface area (Å²) in [5.74, 6) is -1.57. The summed E-state index contributed by atoms with van der Waals surface area (Å²) in [4.78, 5) is 24.3. The lowest BCUT2D eigenvalue weighted by Crippen LogP contribution is -2.29. The Morgan fingerprint density at radius 3 is 2.52 bits per heavy atom. The fraction of sp³-hybridized carbons (Fsp3) is 0.130. The monoisotopic (exact) mass is 393 g/mol. The van der Waals surface area contributed by atoms with Crippen LogP contribution in [0.3, 0.4) is 0 Å². The number of esters is 1. The highest BCUT2D eigenvalue weighted by atomic mass is 19.1. The molecule has 0 aliphatic carbocycles. The standard InChI is InChI=1S/C23H20FNO4/c1-15(23(27)25-19-10-9-17-5-3-4-6-18(17)14-19)29-22(26)12-8-16-7-11-21(28-2)20(24)13-16/h3-15H,1-2H3,(H,25,27)/b12-8+/t15-/m1/s1. The van der Waals surface area contributed by atoms with Gasteiger partial charge in [-0.25, -0.2) is 9.18 Å². The number of methoxy groups -OCH3 is 1. The zero-order valence-corrected chi connectivity index (χ0v) is 16.0. The van der Waals surface area contributed by atoms with E-state index in [0.717, 1.165) is 16.8 Å². The van der Waals surface area contributed by atoms with Gasteiger partial charge in [0.05, 0.1) is 7.11 Å². The van der Waals surface area contributed by atoms with Crippen molar-refractivity contribution in [2.24, 2.45) is 0 Å². The summed E-state index contributed by atoms with van der Waals surface area (Å²) in [6, 6.07) is 17.6. The Morgan fingerprint density at radius 2 is 1.79 bits per heavy atom. The zero-order valence-electron chi connectivity index (χ0n) is 16.0. The molecular formula is C23H20FNO4. The Bertz CT molecular complexity index is 1080. The Labute approximate surface area is 167 Å². The second-order valence-corrected chi connectivity index (χ2v) is 6.36. The van der Waals surface area contributed by atoms with Gasteiger partial charge < -0.3 is 14.8 Å². The van der Waals surface area contributed by atoms with Gasteiger partial charge in [0, 0.05) is 11.8 Å². The zero-order chi connectivity index (χ0) is 20.8. The molecule has 1 amide bonds. The van der Waals surface area contributed by atoms with Crippen LogP contribution in [0.25, 0.3) is 16.8 Å². The lowest BCUT2D eigenvalue weighted by molar-refractivity contribution is -0.148. The van der Waals surface area contributed by atoms with E-state index in [4.69, 9.17) is 9.47 Å². The molecule has 0 fully saturated rings. The predicted octanol–water partition coefficient (Wildman–Crippen LogP) is 4.57. The molecule has 0 spiro atoms. The molecule has 3 aromatic rings. The van der Waals surface area contributed by atoms with Crippen molar-refractivity contribution in [3.8, 4) is 5.75 Å². The molecule has 0 heterocycles. The van der Waals surface area contributed by atoms with Gasteiger partial charge in [-0.05, 0) is 53.6 Å². The molecule has 0 bridgehead atoms. The molecule has 0 aliphatic heterocycles. The molecule has 3 rings (SSSR count). The molecular weight excluding hydrogens is 373 g/mol. The van der Waals surface area contributed by atoms with Crippen molar-refractivity contribution in [1.82, 2.24) is 0 Å². The lowest BCUT2D eigenvalue weighted by Gasteiger charge is -2.13. The first kappa shape index (κ1) is 20.1. The number of amides is 1. The van der Waals surface area contributed by atoms with Crippen molar-refractivity contribution in [3.05, 3.63) is 78.1 Å². The number of benzene rings is 3. The molecule has 0 aliphatic rings. The van der Waals surface area contributed by atoms with Gasteiger partial charge in [0.2, 0.25) is 0 Å². The third kappa shape index (κ3) is 5.19. The van der Waals surface area contributed by atoms with Gasteiger partial charge in [0.25, 0.3) is 5.91 Å². The van der Waals surface area contributed by atoms with Crippen molar-refractivity contribution in [3.63, 3.8) is 0 Å². The van der Waals surface area contributed by atoms with E-state index >= 15 is 0 Å². The maximum absolute atomic E-state index is 13.7. The first-order valence-corrected chi connectivity index (χ1v) is 8.98. The molecule has 1 N–H and O–H groups in total. The summed E-state index contributed by atoms with van der Waals surface area (Å²) >= 11 is 0. The molecule has 0 radical (unpaired) electrons. The van der Waals surface area contributed by atoms with Gasteiger partial charge in [-0.2, -0.15) is 0 Å². The van der Waals surface area contributed by atoms with Gasteiger partial charge in [-0.15, -0.1) is 0 Å². The highest BCUT2D eigenvalue weighted by Gasteiger charge is 2.17. The van der Waals surface area contributed by atoms with Crippen molar-refractivity contribution in [1.29, 1.82) is 0 Å². The molecule has 0 aromatic heterocycles. The van der Waals surface area contributed by atoms with Gasteiger partial charge in [0.1, 0.15) is 0 Å². The topological polar surface area (TPSA) is 64.6 Å². The third-order valence-corrected chi connectivity index (χ3v) is 4.27. The van der Waals surface area contributed by atoms with Crippen LogP contribution in [0, 0.1) is 5.82 Å². The Hall–Kier alpha value is -3.67. The van der Waals surface area contributed by atoms with Crippen molar-refractivity contribution >= 4 is 34.4 Å². The maximum atomic E-state index is 13.7. The first-order chi connectivity index (χ1) is 14.0. The van der Waals surface area contributed by atoms with E-state index in [0.29, 0.717) is 11.3 Å². The minimum absolute atomic E-state index is 0.115. The van der Waals surface area contributed by atoms with Crippen LogP contribution in [0.1, 0.15) is 12.5 Å². The van der Waals surface area contributed by atoms with Gasteiger partial charge in [-0.1, -0.05) is 36.4 Å². The smallest absolute Gasteiger partial charge is 0.331 e. The molecule has 1 atom stereocenters. The van der Waals surface area contributed by atoms with E-state index in [-0.39, 0.29) is 5.75 Å². The summed E-state index contributed by atoms with van der Waals surface area (Å²) in [6.07, 6.45) is 1.55. The van der Waals surface area contributed by atoms with E-state index in [1.54, 1.807) is 12.1 Å². The average Bonchev–Trinajstić information content (AvgIpc) is 2.72. The van der Waals surface area contributed by atoms with E-state index < -0.39 is 23.8 Å². The number of anilines is 1. The van der Waals surface area contributed by atoms with Crippen LogP contribution in [0.4, 0.5) is 10.1 Å². The van der Waals surface area contributed by atoms with Gasteiger partial charge in [0.15, 0.2) is 17.7 Å². The number of fused-ring (bicyclic) bond motifs is 1. The van der Waals surface area contributed by atoms with Crippen LogP contribution in [-0.2, 0) is 14.3 Å². The number of hydrogen-bond acceptors (Lipinski definition) is 4. The molecule has 5 nitrogen and oxygen atoms in total. The van der Waals surface area contributed by atoms with Crippen LogP contribution in [0.5, 0.6) is 5.75 Å². The second kappa shape index (κ2) is 9.01. The van der Waals surface area contributed by atoms with Gasteiger partial charge >= 0.3 is 5.97 Å². The summed E-state index contributed by atoms with van der Waals surface area (Å²) in [6.45, 7) is 1.48. The van der Waals surface area contributed by atoms with Crippen molar-refractivity contribution in [2.45, 2.75) is 13.0 Å². The fourth-order valence-corrected chi connectivity index (χ4v) is 2.73. The average molecular weight is 393 g/mol. The normalized spacial score (nSPS) is 12.0. The Kier molecular flexibility index (Phi) is 6.24. The minimum Gasteiger partial charge on any atom is -0.494 e. The molecule has 0 saturated heterocycles. The molecule has 0 saturated carbocycles. The predicted molar refractivity (Wildman–Crippen MR) is 110 cm³/mol. The number of carbonyl (C=O) groups is 2. The highest BCUT2D eigenvalue weighted by Crippen LogP contribution is 2.20. The number of halogens is 1. The van der Waals surface area contributed by atoms with Crippen LogP contribution in [-0.4, -0.2) is 25.1 Å².